The number of nitrogens with two attached hydrogens (primary N) is 2. The van der Waals surface area contributed by atoms with Crippen LogP contribution in [0.15, 0.2) is 46.9 Å². The molecular formula is C16H17BrCl2N2O2. The molecule has 5 N–H and O–H groups in total. The summed E-state index contributed by atoms with van der Waals surface area (Å²) in [6.45, 7) is 0. The number of aryl methyl sites for hydroxylation is 1. The third kappa shape index (κ3) is 8.23. The van der Waals surface area contributed by atoms with Crippen molar-refractivity contribution in [1.82, 2.24) is 0 Å². The van der Waals surface area contributed by atoms with Gasteiger partial charge < -0.3 is 16.6 Å². The van der Waals surface area contributed by atoms with Gasteiger partial charge in [0.05, 0.1) is 0 Å². The molecule has 2 rings (SSSR count). The van der Waals surface area contributed by atoms with E-state index in [2.05, 4.69) is 15.9 Å². The molecule has 0 aromatic heterocycles. The number of benzene rings is 2. The number of halogens is 3. The summed E-state index contributed by atoms with van der Waals surface area (Å²) in [5, 5.41) is 9.71. The highest BCUT2D eigenvalue weighted by molar-refractivity contribution is 9.10. The summed E-state index contributed by atoms with van der Waals surface area (Å²) in [5.41, 5.74) is 12.5. The first-order valence-corrected chi connectivity index (χ1v) is 8.27. The lowest BCUT2D eigenvalue weighted by Crippen LogP contribution is -2.30. The van der Waals surface area contributed by atoms with Gasteiger partial charge in [0, 0.05) is 20.2 Å². The van der Waals surface area contributed by atoms with Gasteiger partial charge in [0.15, 0.2) is 0 Å². The molecule has 1 atom stereocenters. The van der Waals surface area contributed by atoms with Crippen molar-refractivity contribution >= 4 is 50.8 Å². The van der Waals surface area contributed by atoms with E-state index in [1.165, 1.54) is 0 Å². The van der Waals surface area contributed by atoms with Gasteiger partial charge in [-0.3, -0.25) is 4.79 Å². The van der Waals surface area contributed by atoms with Crippen LogP contribution in [0.1, 0.15) is 12.0 Å². The minimum Gasteiger partial charge on any atom is -0.480 e. The Balaban J connectivity index is 0.000000253. The minimum absolute atomic E-state index is 0.469. The molecule has 0 saturated heterocycles. The third-order valence-corrected chi connectivity index (χ3v) is 3.82. The van der Waals surface area contributed by atoms with E-state index in [0.717, 1.165) is 10.0 Å². The molecule has 0 spiro atoms. The van der Waals surface area contributed by atoms with Gasteiger partial charge in [-0.25, -0.2) is 0 Å². The first-order chi connectivity index (χ1) is 10.8. The van der Waals surface area contributed by atoms with Gasteiger partial charge in [-0.15, -0.1) is 0 Å². The lowest BCUT2D eigenvalue weighted by atomic mass is 10.1. The Hall–Kier alpha value is -1.27. The number of rotatable bonds is 4. The van der Waals surface area contributed by atoms with E-state index in [1.807, 2.05) is 24.3 Å². The predicted molar refractivity (Wildman–Crippen MR) is 98.9 cm³/mol. The summed E-state index contributed by atoms with van der Waals surface area (Å²) >= 11 is 14.5. The van der Waals surface area contributed by atoms with Crippen LogP contribution in [-0.4, -0.2) is 17.1 Å². The minimum atomic E-state index is -0.942. The average Bonchev–Trinajstić information content (AvgIpc) is 2.45. The average molecular weight is 420 g/mol. The van der Waals surface area contributed by atoms with Crippen LogP contribution >= 0.6 is 39.1 Å². The summed E-state index contributed by atoms with van der Waals surface area (Å²) < 4.78 is 1.02. The zero-order valence-electron chi connectivity index (χ0n) is 12.2. The Labute approximate surface area is 153 Å². The Morgan fingerprint density at radius 1 is 1.13 bits per heavy atom. The van der Waals surface area contributed by atoms with E-state index in [9.17, 15) is 4.79 Å². The SMILES string of the molecule is N[C@H](CCc1ccc(Br)cc1)C(=O)O.Nc1cc(Cl)cc(Cl)c1. The van der Waals surface area contributed by atoms with Crippen molar-refractivity contribution < 1.29 is 9.90 Å². The van der Waals surface area contributed by atoms with Crippen LogP contribution in [0.4, 0.5) is 5.69 Å². The predicted octanol–water partition coefficient (Wildman–Crippen LogP) is 4.37. The number of carbonyl (C=O) groups is 1. The molecule has 0 aliphatic heterocycles. The van der Waals surface area contributed by atoms with E-state index in [-0.39, 0.29) is 0 Å². The fourth-order valence-electron chi connectivity index (χ4n) is 1.67. The van der Waals surface area contributed by atoms with Crippen LogP contribution in [-0.2, 0) is 11.2 Å². The van der Waals surface area contributed by atoms with Gasteiger partial charge in [0.2, 0.25) is 0 Å². The second-order valence-electron chi connectivity index (χ2n) is 4.81. The molecule has 23 heavy (non-hydrogen) atoms. The van der Waals surface area contributed by atoms with Crippen LogP contribution in [0.5, 0.6) is 0 Å². The molecule has 4 nitrogen and oxygen atoms in total. The number of aliphatic carboxylic acids is 1. The molecule has 2 aromatic carbocycles. The fraction of sp³-hybridized carbons (Fsp3) is 0.188. The first kappa shape index (κ1) is 19.8. The second kappa shape index (κ2) is 9.78. The molecule has 0 fully saturated rings. The summed E-state index contributed by atoms with van der Waals surface area (Å²) in [5.74, 6) is -0.942. The van der Waals surface area contributed by atoms with Crippen molar-refractivity contribution in [2.75, 3.05) is 5.73 Å². The van der Waals surface area contributed by atoms with Crippen molar-refractivity contribution in [3.05, 3.63) is 62.5 Å². The van der Waals surface area contributed by atoms with Gasteiger partial charge in [0.25, 0.3) is 0 Å². The van der Waals surface area contributed by atoms with Crippen molar-refractivity contribution in [2.24, 2.45) is 5.73 Å². The van der Waals surface area contributed by atoms with Crippen LogP contribution in [0.25, 0.3) is 0 Å². The van der Waals surface area contributed by atoms with Crippen molar-refractivity contribution in [3.63, 3.8) is 0 Å². The van der Waals surface area contributed by atoms with E-state index in [0.29, 0.717) is 28.6 Å². The lowest BCUT2D eigenvalue weighted by molar-refractivity contribution is -0.138. The number of anilines is 1. The van der Waals surface area contributed by atoms with Gasteiger partial charge in [-0.1, -0.05) is 51.3 Å². The van der Waals surface area contributed by atoms with Crippen LogP contribution in [0, 0.1) is 0 Å². The molecule has 0 aliphatic rings. The normalized spacial score (nSPS) is 11.3. The number of hydrogen-bond acceptors (Lipinski definition) is 3. The van der Waals surface area contributed by atoms with Crippen LogP contribution in [0.2, 0.25) is 10.0 Å². The molecule has 0 unspecified atom stereocenters. The monoisotopic (exact) mass is 418 g/mol. The molecular weight excluding hydrogens is 403 g/mol. The Bertz CT molecular complexity index is 601. The van der Waals surface area contributed by atoms with Gasteiger partial charge >= 0.3 is 5.97 Å². The zero-order chi connectivity index (χ0) is 17.4. The molecule has 2 aromatic rings. The Kier molecular flexibility index (Phi) is 8.41. The molecule has 0 saturated carbocycles. The maximum atomic E-state index is 10.4. The summed E-state index contributed by atoms with van der Waals surface area (Å²) in [6, 6.07) is 11.9. The standard InChI is InChI=1S/C10H12BrNO2.C6H5Cl2N/c11-8-4-1-7(2-5-8)3-6-9(12)10(13)14;7-4-1-5(8)3-6(9)2-4/h1-2,4-5,9H,3,6,12H2,(H,13,14);1-3H,9H2/t9-;/m1./s1. The molecule has 7 heteroatoms. The van der Waals surface area contributed by atoms with Crippen LogP contribution < -0.4 is 11.5 Å². The zero-order valence-corrected chi connectivity index (χ0v) is 15.3. The first-order valence-electron chi connectivity index (χ1n) is 6.72. The van der Waals surface area contributed by atoms with Crippen molar-refractivity contribution in [3.8, 4) is 0 Å². The summed E-state index contributed by atoms with van der Waals surface area (Å²) in [4.78, 5) is 10.4. The quantitative estimate of drug-likeness (QED) is 0.641. The molecule has 0 bridgehead atoms. The van der Waals surface area contributed by atoms with E-state index in [1.54, 1.807) is 18.2 Å². The molecule has 0 amide bonds. The fourth-order valence-corrected chi connectivity index (χ4v) is 2.48. The Morgan fingerprint density at radius 3 is 2.09 bits per heavy atom. The molecule has 0 heterocycles. The van der Waals surface area contributed by atoms with E-state index in [4.69, 9.17) is 39.8 Å². The third-order valence-electron chi connectivity index (χ3n) is 2.86. The highest BCUT2D eigenvalue weighted by Gasteiger charge is 2.10. The van der Waals surface area contributed by atoms with E-state index < -0.39 is 12.0 Å². The van der Waals surface area contributed by atoms with E-state index >= 15 is 0 Å². The number of nitrogen functional groups attached to an aromatic ring is 1. The largest absolute Gasteiger partial charge is 0.480 e. The Morgan fingerprint density at radius 2 is 1.65 bits per heavy atom. The maximum Gasteiger partial charge on any atom is 0.320 e. The number of carboxylic acid groups (broad SMARTS) is 1. The van der Waals surface area contributed by atoms with Gasteiger partial charge in [-0.2, -0.15) is 0 Å². The van der Waals surface area contributed by atoms with Gasteiger partial charge in [-0.05, 0) is 48.7 Å². The van der Waals surface area contributed by atoms with Crippen molar-refractivity contribution in [2.45, 2.75) is 18.9 Å². The number of carboxylic acids is 1. The maximum absolute atomic E-state index is 10.4. The van der Waals surface area contributed by atoms with Crippen LogP contribution in [0.3, 0.4) is 0 Å². The number of hydrogen-bond donors (Lipinski definition) is 3. The van der Waals surface area contributed by atoms with Crippen molar-refractivity contribution in [1.29, 1.82) is 0 Å². The lowest BCUT2D eigenvalue weighted by Gasteiger charge is -2.05. The second-order valence-corrected chi connectivity index (χ2v) is 6.60. The smallest absolute Gasteiger partial charge is 0.320 e. The van der Waals surface area contributed by atoms with Gasteiger partial charge in [0.1, 0.15) is 6.04 Å². The highest BCUT2D eigenvalue weighted by Crippen LogP contribution is 2.19. The molecule has 124 valence electrons. The summed E-state index contributed by atoms with van der Waals surface area (Å²) in [7, 11) is 0. The summed E-state index contributed by atoms with van der Waals surface area (Å²) in [6.07, 6.45) is 1.16. The highest BCUT2D eigenvalue weighted by atomic mass is 79.9. The molecule has 0 aliphatic carbocycles. The molecule has 0 radical (unpaired) electrons. The topological polar surface area (TPSA) is 89.3 Å².